The highest BCUT2D eigenvalue weighted by atomic mass is 19.4. The molecule has 1 atom stereocenters. The van der Waals surface area contributed by atoms with E-state index in [1.807, 2.05) is 26.0 Å². The van der Waals surface area contributed by atoms with Gasteiger partial charge in [0, 0.05) is 30.4 Å². The number of aromatic amines is 1. The maximum Gasteiger partial charge on any atom is 0.416 e. The molecule has 1 aromatic carbocycles. The first kappa shape index (κ1) is 22.1. The minimum atomic E-state index is -4.39. The van der Waals surface area contributed by atoms with E-state index in [1.165, 1.54) is 12.1 Å². The summed E-state index contributed by atoms with van der Waals surface area (Å²) in [6.45, 7) is 5.93. The first-order valence-electron chi connectivity index (χ1n) is 10.3. The van der Waals surface area contributed by atoms with Gasteiger partial charge in [-0.1, -0.05) is 6.07 Å². The lowest BCUT2D eigenvalue weighted by atomic mass is 10.2. The number of halogens is 3. The van der Waals surface area contributed by atoms with E-state index in [2.05, 4.69) is 25.1 Å². The Kier molecular flexibility index (Phi) is 6.31. The molecule has 32 heavy (non-hydrogen) atoms. The molecule has 0 aliphatic carbocycles. The minimum Gasteiger partial charge on any atom is -0.493 e. The van der Waals surface area contributed by atoms with Gasteiger partial charge in [-0.15, -0.1) is 0 Å². The molecule has 0 spiro atoms. The number of anilines is 1. The van der Waals surface area contributed by atoms with E-state index >= 15 is 0 Å². The van der Waals surface area contributed by atoms with Crippen LogP contribution >= 0.6 is 0 Å². The van der Waals surface area contributed by atoms with Gasteiger partial charge in [0.25, 0.3) is 0 Å². The molecule has 0 radical (unpaired) electrons. The average molecular weight is 447 g/mol. The molecule has 1 aliphatic heterocycles. The maximum atomic E-state index is 12.8. The first-order valence-corrected chi connectivity index (χ1v) is 10.3. The fourth-order valence-corrected chi connectivity index (χ4v) is 3.61. The molecule has 0 amide bonds. The first-order chi connectivity index (χ1) is 15.3. The van der Waals surface area contributed by atoms with Crippen LogP contribution < -0.4 is 9.64 Å². The van der Waals surface area contributed by atoms with Crippen LogP contribution in [0.4, 0.5) is 19.0 Å². The molecule has 2 aromatic heterocycles. The van der Waals surface area contributed by atoms with Crippen LogP contribution in [-0.2, 0) is 17.3 Å². The van der Waals surface area contributed by atoms with Crippen molar-refractivity contribution in [3.05, 3.63) is 64.9 Å². The van der Waals surface area contributed by atoms with E-state index in [-0.39, 0.29) is 18.5 Å². The second-order valence-corrected chi connectivity index (χ2v) is 7.66. The van der Waals surface area contributed by atoms with E-state index in [0.29, 0.717) is 19.6 Å². The summed E-state index contributed by atoms with van der Waals surface area (Å²) in [7, 11) is 0. The van der Waals surface area contributed by atoms with Gasteiger partial charge in [-0.3, -0.25) is 5.10 Å². The highest BCUT2D eigenvalue weighted by Crippen LogP contribution is 2.31. The number of morpholine rings is 1. The van der Waals surface area contributed by atoms with Gasteiger partial charge in [0.05, 0.1) is 31.0 Å². The number of H-pyrrole nitrogens is 1. The molecule has 3 heterocycles. The number of nitrogens with zero attached hydrogens (tertiary/aromatic N) is 4. The van der Waals surface area contributed by atoms with Gasteiger partial charge in [-0.2, -0.15) is 18.3 Å². The Morgan fingerprint density at radius 1 is 1.19 bits per heavy atom. The molecule has 7 nitrogen and oxygen atoms in total. The zero-order chi connectivity index (χ0) is 22.7. The highest BCUT2D eigenvalue weighted by molar-refractivity contribution is 5.40. The standard InChI is InChI=1S/C22H24F3N5O2/c1-14-10-21(27-15(2)26-14)30-7-9-32-20(13-30)19-12-17(28-29-19)6-8-31-18-5-3-4-16(11-18)22(23,24)25/h3-5,10-12,20H,6-9,13H2,1-2H3,(H,28,29)/t20-/m1/s1. The Morgan fingerprint density at radius 2 is 2.03 bits per heavy atom. The van der Waals surface area contributed by atoms with Crippen LogP contribution in [0.1, 0.15) is 34.6 Å². The fraction of sp³-hybridized carbons (Fsp3) is 0.409. The molecule has 170 valence electrons. The second-order valence-electron chi connectivity index (χ2n) is 7.66. The smallest absolute Gasteiger partial charge is 0.416 e. The number of benzene rings is 1. The van der Waals surface area contributed by atoms with Crippen molar-refractivity contribution in [3.63, 3.8) is 0 Å². The number of rotatable bonds is 6. The van der Waals surface area contributed by atoms with E-state index in [4.69, 9.17) is 9.47 Å². The molecular weight excluding hydrogens is 423 g/mol. The van der Waals surface area contributed by atoms with Crippen LogP contribution in [0.5, 0.6) is 5.75 Å². The summed E-state index contributed by atoms with van der Waals surface area (Å²) in [5.74, 6) is 1.78. The third-order valence-corrected chi connectivity index (χ3v) is 5.13. The normalized spacial score (nSPS) is 16.9. The lowest BCUT2D eigenvalue weighted by Gasteiger charge is -2.33. The number of aromatic nitrogens is 4. The third kappa shape index (κ3) is 5.37. The summed E-state index contributed by atoms with van der Waals surface area (Å²) >= 11 is 0. The molecule has 1 saturated heterocycles. The van der Waals surface area contributed by atoms with Crippen LogP contribution in [0.2, 0.25) is 0 Å². The predicted octanol–water partition coefficient (Wildman–Crippen LogP) is 4.03. The van der Waals surface area contributed by atoms with Crippen molar-refractivity contribution in [2.45, 2.75) is 32.5 Å². The topological polar surface area (TPSA) is 76.2 Å². The number of ether oxygens (including phenoxy) is 2. The predicted molar refractivity (Wildman–Crippen MR) is 112 cm³/mol. The lowest BCUT2D eigenvalue weighted by Crippen LogP contribution is -2.39. The van der Waals surface area contributed by atoms with Crippen molar-refractivity contribution < 1.29 is 22.6 Å². The zero-order valence-corrected chi connectivity index (χ0v) is 17.8. The summed E-state index contributed by atoms with van der Waals surface area (Å²) < 4.78 is 49.9. The van der Waals surface area contributed by atoms with Gasteiger partial charge < -0.3 is 14.4 Å². The average Bonchev–Trinajstić information content (AvgIpc) is 3.22. The highest BCUT2D eigenvalue weighted by Gasteiger charge is 2.30. The van der Waals surface area contributed by atoms with Crippen molar-refractivity contribution in [1.82, 2.24) is 20.2 Å². The van der Waals surface area contributed by atoms with Crippen LogP contribution in [0.15, 0.2) is 36.4 Å². The van der Waals surface area contributed by atoms with Crippen LogP contribution in [-0.4, -0.2) is 46.5 Å². The van der Waals surface area contributed by atoms with Gasteiger partial charge in [0.15, 0.2) is 0 Å². The molecule has 1 aliphatic rings. The van der Waals surface area contributed by atoms with Crippen molar-refractivity contribution in [3.8, 4) is 5.75 Å². The Labute approximate surface area is 183 Å². The van der Waals surface area contributed by atoms with E-state index in [1.54, 1.807) is 0 Å². The van der Waals surface area contributed by atoms with Gasteiger partial charge in [-0.05, 0) is 38.1 Å². The zero-order valence-electron chi connectivity index (χ0n) is 17.8. The molecule has 4 rings (SSSR count). The summed E-state index contributed by atoms with van der Waals surface area (Å²) in [6.07, 6.45) is -4.13. The number of aryl methyl sites for hydroxylation is 2. The Bertz CT molecular complexity index is 1050. The third-order valence-electron chi connectivity index (χ3n) is 5.13. The van der Waals surface area contributed by atoms with Crippen molar-refractivity contribution >= 4 is 5.82 Å². The quantitative estimate of drug-likeness (QED) is 0.615. The Hall–Kier alpha value is -3.14. The summed E-state index contributed by atoms with van der Waals surface area (Å²) in [4.78, 5) is 11.0. The van der Waals surface area contributed by atoms with Crippen molar-refractivity contribution in [2.24, 2.45) is 0 Å². The maximum absolute atomic E-state index is 12.8. The number of nitrogens with one attached hydrogen (secondary N) is 1. The van der Waals surface area contributed by atoms with Gasteiger partial charge in [0.2, 0.25) is 0 Å². The Balaban J connectivity index is 1.34. The summed E-state index contributed by atoms with van der Waals surface area (Å²) in [5.41, 5.74) is 1.78. The minimum absolute atomic E-state index is 0.182. The number of hydrogen-bond acceptors (Lipinski definition) is 6. The van der Waals surface area contributed by atoms with Gasteiger partial charge >= 0.3 is 6.18 Å². The molecule has 10 heteroatoms. The van der Waals surface area contributed by atoms with Crippen LogP contribution in [0, 0.1) is 13.8 Å². The molecule has 1 N–H and O–H groups in total. The van der Waals surface area contributed by atoms with Crippen molar-refractivity contribution in [2.75, 3.05) is 31.2 Å². The second kappa shape index (κ2) is 9.15. The molecule has 0 bridgehead atoms. The monoisotopic (exact) mass is 447 g/mol. The van der Waals surface area contributed by atoms with Gasteiger partial charge in [-0.25, -0.2) is 9.97 Å². The van der Waals surface area contributed by atoms with Crippen LogP contribution in [0.25, 0.3) is 0 Å². The molecule has 1 fully saturated rings. The van der Waals surface area contributed by atoms with E-state index in [9.17, 15) is 13.2 Å². The summed E-state index contributed by atoms with van der Waals surface area (Å²) in [5, 5.41) is 7.33. The lowest BCUT2D eigenvalue weighted by molar-refractivity contribution is -0.137. The van der Waals surface area contributed by atoms with E-state index < -0.39 is 11.7 Å². The van der Waals surface area contributed by atoms with Crippen molar-refractivity contribution in [1.29, 1.82) is 0 Å². The molecule has 0 unspecified atom stereocenters. The molecule has 3 aromatic rings. The number of hydrogen-bond donors (Lipinski definition) is 1. The van der Waals surface area contributed by atoms with Crippen LogP contribution in [0.3, 0.4) is 0 Å². The van der Waals surface area contributed by atoms with E-state index in [0.717, 1.165) is 47.4 Å². The molecule has 0 saturated carbocycles. The largest absolute Gasteiger partial charge is 0.493 e. The summed E-state index contributed by atoms with van der Waals surface area (Å²) in [6, 6.07) is 8.72. The number of alkyl halides is 3. The van der Waals surface area contributed by atoms with Gasteiger partial charge in [0.1, 0.15) is 23.5 Å². The SMILES string of the molecule is Cc1cc(N2CCO[C@@H](c3cc(CCOc4cccc(C(F)(F)F)c4)[nH]n3)C2)nc(C)n1. The fourth-order valence-electron chi connectivity index (χ4n) is 3.61. The Morgan fingerprint density at radius 3 is 2.81 bits per heavy atom. The molecular formula is C22H24F3N5O2.